The highest BCUT2D eigenvalue weighted by Gasteiger charge is 2.40. The van der Waals surface area contributed by atoms with Crippen molar-refractivity contribution in [3.05, 3.63) is 29.6 Å². The lowest BCUT2D eigenvalue weighted by Crippen LogP contribution is -2.42. The fourth-order valence-electron chi connectivity index (χ4n) is 3.50. The number of ether oxygens (including phenoxy) is 1. The van der Waals surface area contributed by atoms with Gasteiger partial charge in [-0.1, -0.05) is 6.07 Å². The summed E-state index contributed by atoms with van der Waals surface area (Å²) in [6.07, 6.45) is 7.08. The number of benzene rings is 1. The summed E-state index contributed by atoms with van der Waals surface area (Å²) in [5.41, 5.74) is 9.29. The molecule has 4 heteroatoms. The Morgan fingerprint density at radius 2 is 2.19 bits per heavy atom. The molecule has 1 heterocycles. The predicted molar refractivity (Wildman–Crippen MR) is 83.2 cm³/mol. The van der Waals surface area contributed by atoms with Gasteiger partial charge in [-0.25, -0.2) is 4.98 Å². The Labute approximate surface area is 125 Å². The van der Waals surface area contributed by atoms with Crippen LogP contribution in [0.2, 0.25) is 0 Å². The van der Waals surface area contributed by atoms with E-state index in [4.69, 9.17) is 15.5 Å². The van der Waals surface area contributed by atoms with Crippen molar-refractivity contribution in [1.82, 2.24) is 9.55 Å². The molecule has 2 N–H and O–H groups in total. The topological polar surface area (TPSA) is 53.1 Å². The third-order valence-corrected chi connectivity index (χ3v) is 5.15. The van der Waals surface area contributed by atoms with E-state index in [0.717, 1.165) is 30.3 Å². The molecule has 0 radical (unpaired) electrons. The minimum absolute atomic E-state index is 0.0325. The second kappa shape index (κ2) is 4.82. The number of hydrogen-bond acceptors (Lipinski definition) is 3. The molecule has 1 aromatic heterocycles. The molecule has 21 heavy (non-hydrogen) atoms. The van der Waals surface area contributed by atoms with Crippen LogP contribution in [0.1, 0.15) is 49.5 Å². The van der Waals surface area contributed by atoms with Crippen LogP contribution in [0, 0.1) is 0 Å². The summed E-state index contributed by atoms with van der Waals surface area (Å²) < 4.78 is 8.25. The van der Waals surface area contributed by atoms with Crippen LogP contribution >= 0.6 is 0 Å². The minimum Gasteiger partial charge on any atom is -0.378 e. The second-order valence-electron chi connectivity index (χ2n) is 6.57. The molecule has 0 saturated heterocycles. The van der Waals surface area contributed by atoms with Crippen LogP contribution in [-0.4, -0.2) is 22.3 Å². The van der Waals surface area contributed by atoms with E-state index >= 15 is 0 Å². The third-order valence-electron chi connectivity index (χ3n) is 5.15. The quantitative estimate of drug-likeness (QED) is 0.919. The van der Waals surface area contributed by atoms with E-state index in [1.165, 1.54) is 30.6 Å². The smallest absolute Gasteiger partial charge is 0.113 e. The maximum atomic E-state index is 5.80. The van der Waals surface area contributed by atoms with Gasteiger partial charge in [-0.05, 0) is 49.8 Å². The normalized spacial score (nSPS) is 20.7. The van der Waals surface area contributed by atoms with Crippen LogP contribution < -0.4 is 5.73 Å². The van der Waals surface area contributed by atoms with Gasteiger partial charge in [-0.2, -0.15) is 0 Å². The minimum atomic E-state index is 0.0325. The summed E-state index contributed by atoms with van der Waals surface area (Å²) in [7, 11) is 1.84. The number of hydrogen-bond donors (Lipinski definition) is 1. The van der Waals surface area contributed by atoms with E-state index < -0.39 is 0 Å². The van der Waals surface area contributed by atoms with Crippen molar-refractivity contribution in [2.24, 2.45) is 5.73 Å². The lowest BCUT2D eigenvalue weighted by molar-refractivity contribution is -0.0725. The van der Waals surface area contributed by atoms with Gasteiger partial charge in [0.2, 0.25) is 0 Å². The number of aromatic nitrogens is 2. The third kappa shape index (κ3) is 2.17. The van der Waals surface area contributed by atoms with Gasteiger partial charge in [0.15, 0.2) is 0 Å². The zero-order valence-electron chi connectivity index (χ0n) is 12.6. The van der Waals surface area contributed by atoms with Gasteiger partial charge in [0.25, 0.3) is 0 Å². The van der Waals surface area contributed by atoms with Crippen molar-refractivity contribution in [1.29, 1.82) is 0 Å². The van der Waals surface area contributed by atoms with Gasteiger partial charge < -0.3 is 15.0 Å². The van der Waals surface area contributed by atoms with Crippen molar-refractivity contribution in [2.45, 2.75) is 56.7 Å². The van der Waals surface area contributed by atoms with Gasteiger partial charge in [-0.3, -0.25) is 0 Å². The Kier molecular flexibility index (Phi) is 3.05. The first-order valence-corrected chi connectivity index (χ1v) is 8.00. The van der Waals surface area contributed by atoms with Crippen LogP contribution in [-0.2, 0) is 17.7 Å². The summed E-state index contributed by atoms with van der Waals surface area (Å²) >= 11 is 0. The molecule has 2 aromatic rings. The first-order valence-electron chi connectivity index (χ1n) is 8.00. The average molecular weight is 285 g/mol. The highest BCUT2D eigenvalue weighted by atomic mass is 16.5. The van der Waals surface area contributed by atoms with E-state index in [9.17, 15) is 0 Å². The summed E-state index contributed by atoms with van der Waals surface area (Å²) in [4.78, 5) is 4.92. The molecular weight excluding hydrogens is 262 g/mol. The molecule has 0 atom stereocenters. The average Bonchev–Trinajstić information content (AvgIpc) is 3.23. The number of nitrogens with two attached hydrogens (primary N) is 1. The standard InChI is InChI=1S/C17H23N3O/c1-21-17(7-2-8-17)10-16-19-14-9-12(11-18)3-6-15(14)20(16)13-4-5-13/h3,6,9,13H,2,4-5,7-8,10-11,18H2,1H3. The summed E-state index contributed by atoms with van der Waals surface area (Å²) in [5, 5.41) is 0. The first-order chi connectivity index (χ1) is 10.2. The Hall–Kier alpha value is -1.39. The monoisotopic (exact) mass is 285 g/mol. The van der Waals surface area contributed by atoms with E-state index in [2.05, 4.69) is 22.8 Å². The van der Waals surface area contributed by atoms with Crippen molar-refractivity contribution in [3.63, 3.8) is 0 Å². The van der Waals surface area contributed by atoms with Crippen LogP contribution in [0.15, 0.2) is 18.2 Å². The van der Waals surface area contributed by atoms with Gasteiger partial charge in [0.05, 0.1) is 16.6 Å². The molecule has 2 fully saturated rings. The van der Waals surface area contributed by atoms with Crippen LogP contribution in [0.25, 0.3) is 11.0 Å². The number of nitrogens with zero attached hydrogens (tertiary/aromatic N) is 2. The van der Waals surface area contributed by atoms with Crippen LogP contribution in [0.3, 0.4) is 0 Å². The van der Waals surface area contributed by atoms with E-state index in [0.29, 0.717) is 12.6 Å². The molecule has 112 valence electrons. The lowest BCUT2D eigenvalue weighted by atomic mass is 9.77. The van der Waals surface area contributed by atoms with Gasteiger partial charge in [0, 0.05) is 26.1 Å². The highest BCUT2D eigenvalue weighted by molar-refractivity contribution is 5.77. The highest BCUT2D eigenvalue weighted by Crippen LogP contribution is 2.42. The second-order valence-corrected chi connectivity index (χ2v) is 6.57. The molecule has 2 aliphatic rings. The summed E-state index contributed by atoms with van der Waals surface area (Å²) in [6.45, 7) is 0.573. The molecule has 2 saturated carbocycles. The van der Waals surface area contributed by atoms with Gasteiger partial charge in [-0.15, -0.1) is 0 Å². The Balaban J connectivity index is 1.77. The zero-order chi connectivity index (χ0) is 14.4. The lowest BCUT2D eigenvalue weighted by Gasteiger charge is -2.40. The Morgan fingerprint density at radius 1 is 1.38 bits per heavy atom. The molecule has 0 unspecified atom stereocenters. The molecular formula is C17H23N3O. The number of rotatable bonds is 5. The van der Waals surface area contributed by atoms with Gasteiger partial charge in [0.1, 0.15) is 5.82 Å². The van der Waals surface area contributed by atoms with Crippen molar-refractivity contribution in [3.8, 4) is 0 Å². The van der Waals surface area contributed by atoms with Crippen molar-refractivity contribution < 1.29 is 4.74 Å². The predicted octanol–water partition coefficient (Wildman–Crippen LogP) is 2.94. The summed E-state index contributed by atoms with van der Waals surface area (Å²) in [5.74, 6) is 1.20. The molecule has 4 rings (SSSR count). The molecule has 4 nitrogen and oxygen atoms in total. The number of methoxy groups -OCH3 is 1. The fraction of sp³-hybridized carbons (Fsp3) is 0.588. The molecule has 0 amide bonds. The van der Waals surface area contributed by atoms with Crippen LogP contribution in [0.4, 0.5) is 0 Å². The Morgan fingerprint density at radius 3 is 2.76 bits per heavy atom. The molecule has 2 aliphatic carbocycles. The van der Waals surface area contributed by atoms with Crippen molar-refractivity contribution in [2.75, 3.05) is 7.11 Å². The fourth-order valence-corrected chi connectivity index (χ4v) is 3.50. The largest absolute Gasteiger partial charge is 0.378 e. The molecule has 0 spiro atoms. The van der Waals surface area contributed by atoms with E-state index in [-0.39, 0.29) is 5.60 Å². The summed E-state index contributed by atoms with van der Waals surface area (Å²) in [6, 6.07) is 7.09. The Bertz CT molecular complexity index is 662. The van der Waals surface area contributed by atoms with Crippen LogP contribution in [0.5, 0.6) is 0 Å². The number of imidazole rings is 1. The van der Waals surface area contributed by atoms with Crippen molar-refractivity contribution >= 4 is 11.0 Å². The maximum absolute atomic E-state index is 5.80. The van der Waals surface area contributed by atoms with Gasteiger partial charge >= 0.3 is 0 Å². The molecule has 0 bridgehead atoms. The zero-order valence-corrected chi connectivity index (χ0v) is 12.6. The maximum Gasteiger partial charge on any atom is 0.113 e. The van der Waals surface area contributed by atoms with E-state index in [1.807, 2.05) is 7.11 Å². The molecule has 0 aliphatic heterocycles. The molecule has 1 aromatic carbocycles. The number of fused-ring (bicyclic) bond motifs is 1. The first kappa shape index (κ1) is 13.3. The van der Waals surface area contributed by atoms with E-state index in [1.54, 1.807) is 0 Å². The SMILES string of the molecule is COC1(Cc2nc3cc(CN)ccc3n2C2CC2)CCC1.